The molecule has 0 bridgehead atoms. The van der Waals surface area contributed by atoms with Crippen LogP contribution in [0, 0.1) is 0 Å². The largest absolute Gasteiger partial charge is 0.382 e. The van der Waals surface area contributed by atoms with Crippen LogP contribution in [0.2, 0.25) is 0 Å². The average Bonchev–Trinajstić information content (AvgIpc) is 2.65. The minimum absolute atomic E-state index is 0.0252. The van der Waals surface area contributed by atoms with Crippen molar-refractivity contribution in [3.63, 3.8) is 0 Å². The van der Waals surface area contributed by atoms with Crippen molar-refractivity contribution < 1.29 is 29.4 Å². The summed E-state index contributed by atoms with van der Waals surface area (Å²) in [7, 11) is -12.3. The Balaban J connectivity index is 2.23. The molecule has 172 valence electrons. The van der Waals surface area contributed by atoms with Gasteiger partial charge in [-0.3, -0.25) is 0 Å². The minimum atomic E-state index is -4.19. The third-order valence-corrected chi connectivity index (χ3v) is 9.00. The van der Waals surface area contributed by atoms with Gasteiger partial charge in [-0.1, -0.05) is 42.5 Å². The molecular formula is C20H21NO7S4. The molecule has 8 nitrogen and oxygen atoms in total. The number of anilines is 1. The predicted molar refractivity (Wildman–Crippen MR) is 128 cm³/mol. The van der Waals surface area contributed by atoms with E-state index in [4.69, 9.17) is 4.18 Å². The van der Waals surface area contributed by atoms with Crippen LogP contribution in [0.25, 0.3) is 10.8 Å². The molecular weight excluding hydrogens is 494 g/mol. The molecule has 0 aliphatic heterocycles. The number of thioether (sulfide) groups is 1. The normalized spacial score (nSPS) is 12.6. The third-order valence-electron chi connectivity index (χ3n) is 4.24. The number of sulfonamides is 2. The van der Waals surface area contributed by atoms with Crippen LogP contribution in [0.15, 0.2) is 65.6 Å². The number of rotatable bonds is 8. The van der Waals surface area contributed by atoms with Crippen molar-refractivity contribution in [1.29, 1.82) is 0 Å². The van der Waals surface area contributed by atoms with Crippen LogP contribution in [0.1, 0.15) is 5.56 Å². The molecule has 3 aromatic rings. The van der Waals surface area contributed by atoms with Crippen LogP contribution < -0.4 is 7.89 Å². The highest BCUT2D eigenvalue weighted by Gasteiger charge is 2.29. The van der Waals surface area contributed by atoms with Gasteiger partial charge in [0.15, 0.2) is 5.75 Å². The first-order valence-electron chi connectivity index (χ1n) is 9.10. The lowest BCUT2D eigenvalue weighted by Gasteiger charge is -2.22. The van der Waals surface area contributed by atoms with Crippen LogP contribution in [0.3, 0.4) is 0 Å². The molecule has 0 N–H and O–H groups in total. The summed E-state index contributed by atoms with van der Waals surface area (Å²) in [5.41, 5.74) is 0.437. The fourth-order valence-corrected chi connectivity index (χ4v) is 7.56. The molecule has 3 rings (SSSR count). The quantitative estimate of drug-likeness (QED) is 0.332. The van der Waals surface area contributed by atoms with Crippen molar-refractivity contribution in [3.8, 4) is 5.75 Å². The van der Waals surface area contributed by atoms with Gasteiger partial charge in [0.1, 0.15) is 0 Å². The smallest absolute Gasteiger partial charge is 0.306 e. The van der Waals surface area contributed by atoms with E-state index >= 15 is 0 Å². The zero-order valence-corrected chi connectivity index (χ0v) is 20.7. The lowest BCUT2D eigenvalue weighted by atomic mass is 10.0. The molecule has 0 aliphatic rings. The minimum Gasteiger partial charge on any atom is -0.382 e. The summed E-state index contributed by atoms with van der Waals surface area (Å²) < 4.78 is 78.7. The van der Waals surface area contributed by atoms with Gasteiger partial charge in [0.2, 0.25) is 20.0 Å². The highest BCUT2D eigenvalue weighted by Crippen LogP contribution is 2.39. The molecule has 0 fully saturated rings. The number of benzene rings is 3. The van der Waals surface area contributed by atoms with Gasteiger partial charge in [-0.25, -0.2) is 16.8 Å². The molecule has 0 spiro atoms. The molecule has 12 heteroatoms. The Morgan fingerprint density at radius 1 is 0.750 bits per heavy atom. The highest BCUT2D eigenvalue weighted by atomic mass is 32.3. The Hall–Kier alpha value is -2.28. The fraction of sp³-hybridized carbons (Fsp3) is 0.200. The van der Waals surface area contributed by atoms with Gasteiger partial charge in [0.05, 0.1) is 24.5 Å². The number of nitrogens with zero attached hydrogens (tertiary/aromatic N) is 1. The Kier molecular flexibility index (Phi) is 6.80. The van der Waals surface area contributed by atoms with Crippen LogP contribution in [0.4, 0.5) is 5.69 Å². The molecule has 0 amide bonds. The van der Waals surface area contributed by atoms with Crippen LogP contribution in [0.5, 0.6) is 5.75 Å². The van der Waals surface area contributed by atoms with Gasteiger partial charge in [-0.2, -0.15) is 12.1 Å². The van der Waals surface area contributed by atoms with Crippen molar-refractivity contribution in [1.82, 2.24) is 0 Å². The Morgan fingerprint density at radius 3 is 1.94 bits per heavy atom. The third kappa shape index (κ3) is 5.74. The van der Waals surface area contributed by atoms with Crippen LogP contribution in [-0.2, 0) is 35.9 Å². The summed E-state index contributed by atoms with van der Waals surface area (Å²) >= 11 is 1.46. The summed E-state index contributed by atoms with van der Waals surface area (Å²) in [5.74, 6) is 0.397. The molecule has 0 aliphatic carbocycles. The monoisotopic (exact) mass is 515 g/mol. The van der Waals surface area contributed by atoms with Crippen LogP contribution >= 0.6 is 11.8 Å². The molecule has 32 heavy (non-hydrogen) atoms. The predicted octanol–water partition coefficient (Wildman–Crippen LogP) is 3.20. The summed E-state index contributed by atoms with van der Waals surface area (Å²) in [6.07, 6.45) is 2.47. The van der Waals surface area contributed by atoms with E-state index in [1.165, 1.54) is 23.9 Å². The fourth-order valence-electron chi connectivity index (χ4n) is 3.16. The number of hydrogen-bond acceptors (Lipinski definition) is 8. The van der Waals surface area contributed by atoms with E-state index in [9.17, 15) is 25.3 Å². The van der Waals surface area contributed by atoms with E-state index in [1.54, 1.807) is 18.2 Å². The SMILES string of the molecule is CS(=O)(=O)Oc1c(CSc2ccccc2)ccc2c(N(S(C)(=O)=O)S(C)(=O)=O)cccc12. The second-order valence-corrected chi connectivity index (χ2v) is 13.6. The first kappa shape index (κ1) is 24.4. The maximum atomic E-state index is 12.3. The van der Waals surface area contributed by atoms with Crippen molar-refractivity contribution in [2.24, 2.45) is 0 Å². The molecule has 0 saturated carbocycles. The molecule has 0 unspecified atom stereocenters. The van der Waals surface area contributed by atoms with E-state index in [1.807, 2.05) is 30.3 Å². The van der Waals surface area contributed by atoms with Gasteiger partial charge < -0.3 is 4.18 Å². The zero-order chi connectivity index (χ0) is 23.7. The Bertz CT molecular complexity index is 1440. The maximum absolute atomic E-state index is 12.3. The van der Waals surface area contributed by atoms with E-state index in [0.717, 1.165) is 23.7 Å². The zero-order valence-electron chi connectivity index (χ0n) is 17.4. The van der Waals surface area contributed by atoms with Crippen molar-refractivity contribution in [3.05, 3.63) is 66.2 Å². The maximum Gasteiger partial charge on any atom is 0.306 e. The first-order valence-corrected chi connectivity index (χ1v) is 15.6. The highest BCUT2D eigenvalue weighted by molar-refractivity contribution is 8.09. The lowest BCUT2D eigenvalue weighted by Crippen LogP contribution is -2.35. The van der Waals surface area contributed by atoms with E-state index in [0.29, 0.717) is 15.0 Å². The number of hydrogen-bond donors (Lipinski definition) is 0. The lowest BCUT2D eigenvalue weighted by molar-refractivity contribution is 0.493. The molecule has 0 atom stereocenters. The van der Waals surface area contributed by atoms with Crippen LogP contribution in [-0.4, -0.2) is 44.0 Å². The van der Waals surface area contributed by atoms with Crippen molar-refractivity contribution in [2.45, 2.75) is 10.6 Å². The summed E-state index contributed by atoms with van der Waals surface area (Å²) in [6, 6.07) is 17.0. The topological polar surface area (TPSA) is 115 Å². The molecule has 0 aromatic heterocycles. The van der Waals surface area contributed by atoms with E-state index < -0.39 is 30.2 Å². The van der Waals surface area contributed by atoms with Gasteiger partial charge in [-0.15, -0.1) is 11.8 Å². The second-order valence-electron chi connectivity index (χ2n) is 7.04. The van der Waals surface area contributed by atoms with Crippen molar-refractivity contribution in [2.75, 3.05) is 22.5 Å². The molecule has 0 saturated heterocycles. The number of fused-ring (bicyclic) bond motifs is 1. The molecule has 0 heterocycles. The van der Waals surface area contributed by atoms with E-state index in [-0.39, 0.29) is 22.2 Å². The first-order chi connectivity index (χ1) is 14.8. The van der Waals surface area contributed by atoms with Gasteiger partial charge >= 0.3 is 10.1 Å². The Morgan fingerprint density at radius 2 is 1.38 bits per heavy atom. The summed E-state index contributed by atoms with van der Waals surface area (Å²) in [5, 5.41) is 0.492. The van der Waals surface area contributed by atoms with Gasteiger partial charge in [-0.05, 0) is 18.2 Å². The van der Waals surface area contributed by atoms with Crippen molar-refractivity contribution >= 4 is 58.4 Å². The molecule has 0 radical (unpaired) electrons. The summed E-state index contributed by atoms with van der Waals surface area (Å²) in [4.78, 5) is 0.965. The average molecular weight is 516 g/mol. The summed E-state index contributed by atoms with van der Waals surface area (Å²) in [6.45, 7) is 0. The van der Waals surface area contributed by atoms with Gasteiger partial charge in [0, 0.05) is 27.0 Å². The standard InChI is InChI=1S/C20H21NO7S4/c1-30(22,23)21(31(2,24)25)19-11-7-10-18-17(19)13-12-15(20(18)28-32(3,26)27)14-29-16-8-5-4-6-9-16/h4-13H,14H2,1-3H3. The second kappa shape index (κ2) is 8.93. The molecule has 3 aromatic carbocycles. The van der Waals surface area contributed by atoms with E-state index in [2.05, 4.69) is 0 Å². The Labute approximate surface area is 192 Å². The van der Waals surface area contributed by atoms with Gasteiger partial charge in [0.25, 0.3) is 0 Å².